The van der Waals surface area contributed by atoms with Gasteiger partial charge >= 0.3 is 6.18 Å². The number of alkyl halides is 3. The van der Waals surface area contributed by atoms with Crippen molar-refractivity contribution in [2.45, 2.75) is 6.18 Å². The summed E-state index contributed by atoms with van der Waals surface area (Å²) in [5.41, 5.74) is -1.95. The maximum absolute atomic E-state index is 12.9. The molecule has 0 amide bonds. The Morgan fingerprint density at radius 1 is 1.14 bits per heavy atom. The molecule has 0 aliphatic heterocycles. The molecule has 8 heteroatoms. The van der Waals surface area contributed by atoms with Crippen LogP contribution < -0.4 is 4.74 Å². The van der Waals surface area contributed by atoms with Crippen LogP contribution in [0.15, 0.2) is 42.5 Å². The van der Waals surface area contributed by atoms with E-state index in [1.54, 1.807) is 0 Å². The topological polar surface area (TPSA) is 72.6 Å². The van der Waals surface area contributed by atoms with Crippen molar-refractivity contribution < 1.29 is 27.9 Å². The lowest BCUT2D eigenvalue weighted by Crippen LogP contribution is -2.08. The van der Waals surface area contributed by atoms with Crippen molar-refractivity contribution in [3.05, 3.63) is 58.1 Å². The van der Waals surface area contributed by atoms with E-state index in [4.69, 9.17) is 4.74 Å². The van der Waals surface area contributed by atoms with E-state index in [0.717, 1.165) is 18.2 Å². The van der Waals surface area contributed by atoms with E-state index in [-0.39, 0.29) is 11.5 Å². The molecule has 2 rings (SSSR count). The van der Waals surface area contributed by atoms with Gasteiger partial charge < -0.3 is 9.84 Å². The smallest absolute Gasteiger partial charge is 0.420 e. The summed E-state index contributed by atoms with van der Waals surface area (Å²) in [7, 11) is 0. The first-order chi connectivity index (χ1) is 9.77. The van der Waals surface area contributed by atoms with Crippen LogP contribution in [0.1, 0.15) is 5.56 Å². The molecule has 0 fully saturated rings. The maximum Gasteiger partial charge on any atom is 0.420 e. The van der Waals surface area contributed by atoms with Gasteiger partial charge in [0.2, 0.25) is 0 Å². The second-order valence-electron chi connectivity index (χ2n) is 4.03. The normalized spacial score (nSPS) is 11.2. The molecule has 0 spiro atoms. The van der Waals surface area contributed by atoms with Crippen molar-refractivity contribution >= 4 is 5.69 Å². The summed E-state index contributed by atoms with van der Waals surface area (Å²) in [4.78, 5) is 9.64. The lowest BCUT2D eigenvalue weighted by molar-refractivity contribution is -0.385. The number of hydrogen-bond donors (Lipinski definition) is 1. The van der Waals surface area contributed by atoms with E-state index < -0.39 is 28.1 Å². The zero-order valence-electron chi connectivity index (χ0n) is 10.3. The third kappa shape index (κ3) is 3.41. The van der Waals surface area contributed by atoms with Gasteiger partial charge in [0, 0.05) is 18.2 Å². The van der Waals surface area contributed by atoms with E-state index >= 15 is 0 Å². The van der Waals surface area contributed by atoms with Gasteiger partial charge in [0.25, 0.3) is 5.69 Å². The van der Waals surface area contributed by atoms with Crippen LogP contribution in [-0.4, -0.2) is 10.0 Å². The monoisotopic (exact) mass is 299 g/mol. The van der Waals surface area contributed by atoms with Gasteiger partial charge in [0.15, 0.2) is 0 Å². The van der Waals surface area contributed by atoms with Crippen LogP contribution in [0.3, 0.4) is 0 Å². The minimum absolute atomic E-state index is 0.0191. The molecule has 2 aromatic carbocycles. The summed E-state index contributed by atoms with van der Waals surface area (Å²) < 4.78 is 43.8. The van der Waals surface area contributed by atoms with Crippen LogP contribution in [0, 0.1) is 10.1 Å². The number of hydrogen-bond acceptors (Lipinski definition) is 4. The number of ether oxygens (including phenoxy) is 1. The van der Waals surface area contributed by atoms with Gasteiger partial charge in [-0.2, -0.15) is 13.2 Å². The number of nitrogens with zero attached hydrogens (tertiary/aromatic N) is 1. The SMILES string of the molecule is O=[N+]([O-])c1ccc(Oc2cccc(O)c2)c(C(F)(F)F)c1. The number of halogens is 3. The number of phenolic OH excluding ortho intramolecular Hbond substituents is 1. The fourth-order valence-electron chi connectivity index (χ4n) is 1.62. The van der Waals surface area contributed by atoms with Crippen LogP contribution in [0.2, 0.25) is 0 Å². The Bertz CT molecular complexity index is 685. The van der Waals surface area contributed by atoms with E-state index in [1.807, 2.05) is 0 Å². The first-order valence-corrected chi connectivity index (χ1v) is 5.60. The summed E-state index contributed by atoms with van der Waals surface area (Å²) in [6, 6.07) is 7.37. The molecule has 0 heterocycles. The number of phenols is 1. The molecule has 0 aromatic heterocycles. The Labute approximate surface area is 116 Å². The molecule has 0 saturated heterocycles. The third-order valence-electron chi connectivity index (χ3n) is 2.52. The fraction of sp³-hybridized carbons (Fsp3) is 0.0769. The summed E-state index contributed by atoms with van der Waals surface area (Å²) >= 11 is 0. The molecule has 0 saturated carbocycles. The highest BCUT2D eigenvalue weighted by molar-refractivity contribution is 5.47. The van der Waals surface area contributed by atoms with Crippen LogP contribution in [0.5, 0.6) is 17.2 Å². The molecule has 0 radical (unpaired) electrons. The maximum atomic E-state index is 12.9. The Balaban J connectivity index is 2.45. The molecular formula is C13H8F3NO4. The van der Waals surface area contributed by atoms with Gasteiger partial charge in [-0.3, -0.25) is 10.1 Å². The molecule has 21 heavy (non-hydrogen) atoms. The van der Waals surface area contributed by atoms with Gasteiger partial charge in [-0.1, -0.05) is 6.07 Å². The number of nitro groups is 1. The highest BCUT2D eigenvalue weighted by Crippen LogP contribution is 2.40. The van der Waals surface area contributed by atoms with E-state index in [1.165, 1.54) is 18.2 Å². The highest BCUT2D eigenvalue weighted by atomic mass is 19.4. The van der Waals surface area contributed by atoms with E-state index in [2.05, 4.69) is 0 Å². The summed E-state index contributed by atoms with van der Waals surface area (Å²) in [5.74, 6) is -0.781. The van der Waals surface area contributed by atoms with Crippen molar-refractivity contribution in [1.82, 2.24) is 0 Å². The standard InChI is InChI=1S/C13H8F3NO4/c14-13(15,16)11-6-8(17(19)20)4-5-12(11)21-10-3-1-2-9(18)7-10/h1-7,18H. The third-order valence-corrected chi connectivity index (χ3v) is 2.52. The lowest BCUT2D eigenvalue weighted by atomic mass is 10.1. The number of nitro benzene ring substituents is 1. The molecular weight excluding hydrogens is 291 g/mol. The zero-order valence-corrected chi connectivity index (χ0v) is 10.3. The first-order valence-electron chi connectivity index (χ1n) is 5.60. The minimum Gasteiger partial charge on any atom is -0.508 e. The Kier molecular flexibility index (Phi) is 3.70. The zero-order chi connectivity index (χ0) is 15.6. The van der Waals surface area contributed by atoms with Crippen molar-refractivity contribution in [3.63, 3.8) is 0 Å². The molecule has 0 aliphatic carbocycles. The molecule has 5 nitrogen and oxygen atoms in total. The molecule has 0 aliphatic rings. The lowest BCUT2D eigenvalue weighted by Gasteiger charge is -2.13. The largest absolute Gasteiger partial charge is 0.508 e. The predicted molar refractivity (Wildman–Crippen MR) is 66.3 cm³/mol. The van der Waals surface area contributed by atoms with Crippen LogP contribution in [-0.2, 0) is 6.18 Å². The van der Waals surface area contributed by atoms with Crippen LogP contribution in [0.4, 0.5) is 18.9 Å². The molecule has 0 unspecified atom stereocenters. The fourth-order valence-corrected chi connectivity index (χ4v) is 1.62. The van der Waals surface area contributed by atoms with E-state index in [0.29, 0.717) is 6.07 Å². The predicted octanol–water partition coefficient (Wildman–Crippen LogP) is 4.11. The Morgan fingerprint density at radius 2 is 1.86 bits per heavy atom. The number of non-ortho nitro benzene ring substituents is 1. The van der Waals surface area contributed by atoms with Gasteiger partial charge in [-0.05, 0) is 18.2 Å². The summed E-state index contributed by atoms with van der Waals surface area (Å²) in [6.45, 7) is 0. The molecule has 0 bridgehead atoms. The van der Waals surface area contributed by atoms with Gasteiger partial charge in [-0.15, -0.1) is 0 Å². The quantitative estimate of drug-likeness (QED) is 0.683. The second-order valence-corrected chi connectivity index (χ2v) is 4.03. The average molecular weight is 299 g/mol. The summed E-state index contributed by atoms with van der Waals surface area (Å²) in [6.07, 6.45) is -4.81. The van der Waals surface area contributed by atoms with Gasteiger partial charge in [0.05, 0.1) is 4.92 Å². The Morgan fingerprint density at radius 3 is 2.43 bits per heavy atom. The Hall–Kier alpha value is -2.77. The highest BCUT2D eigenvalue weighted by Gasteiger charge is 2.36. The van der Waals surface area contributed by atoms with Crippen molar-refractivity contribution in [3.8, 4) is 17.2 Å². The van der Waals surface area contributed by atoms with Crippen LogP contribution in [0.25, 0.3) is 0 Å². The minimum atomic E-state index is -4.81. The molecule has 110 valence electrons. The number of benzene rings is 2. The number of rotatable bonds is 3. The average Bonchev–Trinajstić information content (AvgIpc) is 2.37. The van der Waals surface area contributed by atoms with Crippen molar-refractivity contribution in [1.29, 1.82) is 0 Å². The first kappa shape index (κ1) is 14.6. The molecule has 1 N–H and O–H groups in total. The van der Waals surface area contributed by atoms with Crippen molar-refractivity contribution in [2.24, 2.45) is 0 Å². The number of aromatic hydroxyl groups is 1. The molecule has 0 atom stereocenters. The van der Waals surface area contributed by atoms with Gasteiger partial charge in [0.1, 0.15) is 22.8 Å². The second kappa shape index (κ2) is 5.31. The molecule has 2 aromatic rings. The van der Waals surface area contributed by atoms with E-state index in [9.17, 15) is 28.4 Å². The van der Waals surface area contributed by atoms with Gasteiger partial charge in [-0.25, -0.2) is 0 Å². The van der Waals surface area contributed by atoms with Crippen LogP contribution >= 0.6 is 0 Å². The summed E-state index contributed by atoms with van der Waals surface area (Å²) in [5, 5.41) is 19.8. The van der Waals surface area contributed by atoms with Crippen molar-refractivity contribution in [2.75, 3.05) is 0 Å².